The molecule has 0 spiro atoms. The number of carbonyl (C=O) groups excluding carboxylic acids is 1. The highest BCUT2D eigenvalue weighted by molar-refractivity contribution is 6.09. The van der Waals surface area contributed by atoms with Crippen molar-refractivity contribution in [3.8, 4) is 17.0 Å². The summed E-state index contributed by atoms with van der Waals surface area (Å²) in [5.41, 5.74) is 4.25. The van der Waals surface area contributed by atoms with Crippen LogP contribution in [0.3, 0.4) is 0 Å². The third-order valence-corrected chi connectivity index (χ3v) is 7.49. The number of aryl methyl sites for hydroxylation is 2. The molecular weight excluding hydrogens is 552 g/mol. The monoisotopic (exact) mass is 588 g/mol. The molecule has 13 heteroatoms. The number of anilines is 1. The number of methoxy groups -OCH3 is 1. The summed E-state index contributed by atoms with van der Waals surface area (Å²) in [5, 5.41) is 15.7. The van der Waals surface area contributed by atoms with E-state index in [9.17, 15) is 14.7 Å². The zero-order valence-corrected chi connectivity index (χ0v) is 25.4. The predicted molar refractivity (Wildman–Crippen MR) is 164 cm³/mol. The molecule has 43 heavy (non-hydrogen) atoms. The largest absolute Gasteiger partial charge is 0.466 e. The number of carboxylic acid groups (broad SMARTS) is 1. The molecule has 0 aliphatic carbocycles. The Kier molecular flexibility index (Phi) is 8.18. The van der Waals surface area contributed by atoms with Crippen LogP contribution in [0.5, 0.6) is 5.75 Å². The fourth-order valence-corrected chi connectivity index (χ4v) is 5.66. The van der Waals surface area contributed by atoms with Gasteiger partial charge in [-0.15, -0.1) is 0 Å². The van der Waals surface area contributed by atoms with E-state index in [1.807, 2.05) is 46.1 Å². The zero-order valence-electron chi connectivity index (χ0n) is 25.4. The van der Waals surface area contributed by atoms with Crippen LogP contribution in [-0.4, -0.2) is 106 Å². The summed E-state index contributed by atoms with van der Waals surface area (Å²) >= 11 is 0. The van der Waals surface area contributed by atoms with Gasteiger partial charge < -0.3 is 24.4 Å². The predicted octanol–water partition coefficient (Wildman–Crippen LogP) is 3.78. The third kappa shape index (κ3) is 5.80. The summed E-state index contributed by atoms with van der Waals surface area (Å²) in [6, 6.07) is 5.09. The van der Waals surface area contributed by atoms with Crippen molar-refractivity contribution in [2.75, 3.05) is 46.0 Å². The highest BCUT2D eigenvalue weighted by atomic mass is 16.7. The minimum Gasteiger partial charge on any atom is -0.466 e. The van der Waals surface area contributed by atoms with E-state index < -0.39 is 12.0 Å². The van der Waals surface area contributed by atoms with Crippen molar-refractivity contribution < 1.29 is 24.2 Å². The van der Waals surface area contributed by atoms with Crippen LogP contribution in [0.25, 0.3) is 33.2 Å². The molecule has 1 saturated heterocycles. The fraction of sp³-hybridized carbons (Fsp3) is 0.400. The summed E-state index contributed by atoms with van der Waals surface area (Å²) in [4.78, 5) is 44.3. The summed E-state index contributed by atoms with van der Waals surface area (Å²) in [7, 11) is 6.98. The van der Waals surface area contributed by atoms with Crippen molar-refractivity contribution in [2.24, 2.45) is 12.0 Å². The number of ether oxygens (including phenoxy) is 2. The van der Waals surface area contributed by atoms with Gasteiger partial charge in [0.15, 0.2) is 12.4 Å². The Bertz CT molecular complexity index is 1720. The lowest BCUT2D eigenvalue weighted by atomic mass is 10.00. The average Bonchev–Trinajstić information content (AvgIpc) is 3.34. The second kappa shape index (κ2) is 11.8. The van der Waals surface area contributed by atoms with Gasteiger partial charge in [-0.05, 0) is 39.0 Å². The van der Waals surface area contributed by atoms with E-state index >= 15 is 0 Å². The van der Waals surface area contributed by atoms with E-state index in [-0.39, 0.29) is 18.9 Å². The lowest BCUT2D eigenvalue weighted by molar-refractivity contribution is 0.0511. The van der Waals surface area contributed by atoms with Gasteiger partial charge in [0.2, 0.25) is 0 Å². The molecule has 1 N–H and O–H groups in total. The molecule has 3 aromatic heterocycles. The lowest BCUT2D eigenvalue weighted by Gasteiger charge is -2.43. The number of hydrogen-bond acceptors (Lipinski definition) is 8. The maximum Gasteiger partial charge on any atom is 0.407 e. The van der Waals surface area contributed by atoms with Crippen LogP contribution in [0.2, 0.25) is 0 Å². The summed E-state index contributed by atoms with van der Waals surface area (Å²) in [5.74, 6) is 0.100. The minimum atomic E-state index is -0.937. The molecule has 0 unspecified atom stereocenters. The Balaban J connectivity index is 1.67. The summed E-state index contributed by atoms with van der Waals surface area (Å²) < 4.78 is 13.0. The van der Waals surface area contributed by atoms with Crippen LogP contribution >= 0.6 is 0 Å². The van der Waals surface area contributed by atoms with Crippen molar-refractivity contribution >= 4 is 46.0 Å². The number of pyridine rings is 2. The van der Waals surface area contributed by atoms with Crippen LogP contribution in [0.1, 0.15) is 29.8 Å². The SMILES string of the molecule is COCOc1c(-c2cc(C(=O)N=CN(C)C)c3cc(N4C[C@@H](C)N(C(=O)O)[C@@H](C)C4)cnc3n2)cc2cn(C)nc2c1C. The van der Waals surface area contributed by atoms with Crippen LogP contribution in [0.15, 0.2) is 35.6 Å². The normalized spacial score (nSPS) is 17.3. The average molecular weight is 589 g/mol. The van der Waals surface area contributed by atoms with E-state index in [0.29, 0.717) is 46.7 Å². The van der Waals surface area contributed by atoms with Gasteiger partial charge in [0.25, 0.3) is 5.91 Å². The molecule has 0 radical (unpaired) electrons. The van der Waals surface area contributed by atoms with Gasteiger partial charge >= 0.3 is 6.09 Å². The molecule has 4 heterocycles. The first kappa shape index (κ1) is 29.7. The van der Waals surface area contributed by atoms with Gasteiger partial charge in [0.05, 0.1) is 47.1 Å². The van der Waals surface area contributed by atoms with Gasteiger partial charge in [-0.25, -0.2) is 14.8 Å². The number of fused-ring (bicyclic) bond motifs is 2. The molecule has 0 saturated carbocycles. The minimum absolute atomic E-state index is 0.0201. The zero-order chi connectivity index (χ0) is 31.0. The molecule has 1 fully saturated rings. The van der Waals surface area contributed by atoms with Crippen LogP contribution in [-0.2, 0) is 11.8 Å². The molecule has 0 bridgehead atoms. The molecule has 1 aromatic carbocycles. The fourth-order valence-electron chi connectivity index (χ4n) is 5.66. The Morgan fingerprint density at radius 3 is 2.56 bits per heavy atom. The Labute approximate surface area is 249 Å². The number of aromatic nitrogens is 4. The van der Waals surface area contributed by atoms with Crippen molar-refractivity contribution in [3.05, 3.63) is 41.7 Å². The molecule has 13 nitrogen and oxygen atoms in total. The molecule has 1 aliphatic rings. The maximum atomic E-state index is 13.6. The van der Waals surface area contributed by atoms with Gasteiger partial charge in [-0.2, -0.15) is 10.1 Å². The van der Waals surface area contributed by atoms with Crippen LogP contribution in [0, 0.1) is 6.92 Å². The van der Waals surface area contributed by atoms with E-state index in [2.05, 4.69) is 20.0 Å². The maximum absolute atomic E-state index is 13.6. The first-order valence-corrected chi connectivity index (χ1v) is 13.9. The van der Waals surface area contributed by atoms with Crippen molar-refractivity contribution in [1.82, 2.24) is 29.5 Å². The lowest BCUT2D eigenvalue weighted by Crippen LogP contribution is -2.58. The van der Waals surface area contributed by atoms with E-state index in [1.165, 1.54) is 11.2 Å². The number of carbonyl (C=O) groups is 2. The number of amides is 2. The standard InChI is InChI=1S/C30H36N8O5/c1-17-12-37(13-18(2)38(17)30(40)41)21-9-22-23(29(39)32-15-35(4)5)10-25(33-28(22)31-11-21)24-8-20-14-36(6)34-26(20)19(3)27(24)43-16-42-7/h8-11,14-15,17-18H,12-13,16H2,1-7H3,(H,40,41)/t17-,18+. The molecule has 2 amide bonds. The van der Waals surface area contributed by atoms with Gasteiger partial charge in [-0.1, -0.05) is 0 Å². The number of nitrogens with zero attached hydrogens (tertiary/aromatic N) is 8. The molecule has 1 aliphatic heterocycles. The van der Waals surface area contributed by atoms with E-state index in [1.54, 1.807) is 43.1 Å². The molecule has 2 atom stereocenters. The topological polar surface area (TPSA) is 139 Å². The van der Waals surface area contributed by atoms with E-state index in [0.717, 1.165) is 22.2 Å². The second-order valence-electron chi connectivity index (χ2n) is 11.1. The Hall–Kier alpha value is -4.78. The van der Waals surface area contributed by atoms with Gasteiger partial charge in [-0.3, -0.25) is 14.4 Å². The number of benzene rings is 1. The van der Waals surface area contributed by atoms with Crippen molar-refractivity contribution in [1.29, 1.82) is 0 Å². The van der Waals surface area contributed by atoms with Crippen LogP contribution in [0.4, 0.5) is 10.5 Å². The smallest absolute Gasteiger partial charge is 0.407 e. The first-order chi connectivity index (χ1) is 20.5. The Morgan fingerprint density at radius 1 is 1.19 bits per heavy atom. The number of hydrogen-bond donors (Lipinski definition) is 1. The quantitative estimate of drug-likeness (QED) is 0.193. The van der Waals surface area contributed by atoms with E-state index in [4.69, 9.17) is 14.5 Å². The molecule has 4 aromatic rings. The summed E-state index contributed by atoms with van der Waals surface area (Å²) in [6.45, 7) is 6.69. The van der Waals surface area contributed by atoms with Crippen LogP contribution < -0.4 is 9.64 Å². The first-order valence-electron chi connectivity index (χ1n) is 13.9. The molecule has 226 valence electrons. The molecular formula is C30H36N8O5. The Morgan fingerprint density at radius 2 is 1.91 bits per heavy atom. The van der Waals surface area contributed by atoms with Crippen molar-refractivity contribution in [2.45, 2.75) is 32.9 Å². The van der Waals surface area contributed by atoms with Gasteiger partial charge in [0, 0.05) is 69.4 Å². The highest BCUT2D eigenvalue weighted by Crippen LogP contribution is 2.39. The second-order valence-corrected chi connectivity index (χ2v) is 11.1. The molecule has 5 rings (SSSR count). The third-order valence-electron chi connectivity index (χ3n) is 7.49. The number of rotatable bonds is 7. The summed E-state index contributed by atoms with van der Waals surface area (Å²) in [6.07, 6.45) is 4.15. The number of piperazine rings is 1. The number of aliphatic imine (C=N–C) groups is 1. The highest BCUT2D eigenvalue weighted by Gasteiger charge is 2.33. The van der Waals surface area contributed by atoms with Crippen molar-refractivity contribution in [3.63, 3.8) is 0 Å². The van der Waals surface area contributed by atoms with Gasteiger partial charge in [0.1, 0.15) is 5.75 Å².